The number of hydrogen-bond acceptors (Lipinski definition) is 2. The number of rotatable bonds is 2. The van der Waals surface area contributed by atoms with Crippen molar-refractivity contribution in [1.29, 1.82) is 0 Å². The van der Waals surface area contributed by atoms with Crippen LogP contribution in [0.3, 0.4) is 0 Å². The molecule has 1 heterocycles. The average Bonchev–Trinajstić information content (AvgIpc) is 2.09. The van der Waals surface area contributed by atoms with Crippen molar-refractivity contribution in [1.82, 2.24) is 5.32 Å². The van der Waals surface area contributed by atoms with E-state index in [1.165, 1.54) is 12.1 Å². The zero-order valence-corrected chi connectivity index (χ0v) is 8.18. The second kappa shape index (κ2) is 3.33. The molecule has 3 heteroatoms. The molecule has 0 amide bonds. The topological polar surface area (TPSA) is 32.3 Å². The molecule has 1 aliphatic rings. The molecule has 0 unspecified atom stereocenters. The van der Waals surface area contributed by atoms with Gasteiger partial charge in [-0.15, -0.1) is 0 Å². The predicted octanol–water partition coefficient (Wildman–Crippen LogP) is 1.01. The number of halogens is 1. The summed E-state index contributed by atoms with van der Waals surface area (Å²) in [5.74, 6) is -0.235. The fourth-order valence-corrected chi connectivity index (χ4v) is 1.72. The normalized spacial score (nSPS) is 19.1. The first-order chi connectivity index (χ1) is 6.59. The van der Waals surface area contributed by atoms with Gasteiger partial charge in [0.1, 0.15) is 5.82 Å². The molecule has 14 heavy (non-hydrogen) atoms. The molecule has 1 aromatic rings. The maximum Gasteiger partial charge on any atom is 0.123 e. The Morgan fingerprint density at radius 3 is 2.79 bits per heavy atom. The Morgan fingerprint density at radius 2 is 2.21 bits per heavy atom. The highest BCUT2D eigenvalue weighted by atomic mass is 19.1. The van der Waals surface area contributed by atoms with E-state index in [2.05, 4.69) is 5.32 Å². The van der Waals surface area contributed by atoms with Crippen molar-refractivity contribution >= 4 is 0 Å². The third-order valence-corrected chi connectivity index (χ3v) is 2.74. The van der Waals surface area contributed by atoms with Crippen LogP contribution in [0.4, 0.5) is 4.39 Å². The predicted molar refractivity (Wildman–Crippen MR) is 52.7 cm³/mol. The minimum atomic E-state index is -0.668. The molecular weight excluding hydrogens is 181 g/mol. The lowest BCUT2D eigenvalue weighted by atomic mass is 9.87. The zero-order valence-electron chi connectivity index (χ0n) is 8.18. The van der Waals surface area contributed by atoms with Gasteiger partial charge in [-0.25, -0.2) is 4.39 Å². The van der Waals surface area contributed by atoms with E-state index < -0.39 is 5.60 Å². The molecule has 0 atom stereocenters. The molecule has 0 aliphatic carbocycles. The average molecular weight is 195 g/mol. The monoisotopic (exact) mass is 195 g/mol. The number of β-amino-alcohol motifs (C(OH)–C–C–N with tert-alkyl or cyclic N) is 1. The largest absolute Gasteiger partial charge is 0.387 e. The van der Waals surface area contributed by atoms with Gasteiger partial charge >= 0.3 is 0 Å². The molecule has 1 fully saturated rings. The number of aryl methyl sites for hydroxylation is 1. The van der Waals surface area contributed by atoms with Gasteiger partial charge in [-0.3, -0.25) is 0 Å². The van der Waals surface area contributed by atoms with E-state index in [9.17, 15) is 9.50 Å². The van der Waals surface area contributed by atoms with Gasteiger partial charge in [0.05, 0.1) is 5.60 Å². The molecule has 2 nitrogen and oxygen atoms in total. The summed E-state index contributed by atoms with van der Waals surface area (Å²) >= 11 is 0. The highest BCUT2D eigenvalue weighted by Gasteiger charge is 2.34. The van der Waals surface area contributed by atoms with Crippen molar-refractivity contribution < 1.29 is 9.50 Å². The molecular formula is C11H14FNO. The van der Waals surface area contributed by atoms with Crippen molar-refractivity contribution in [3.63, 3.8) is 0 Å². The molecule has 2 N–H and O–H groups in total. The Morgan fingerprint density at radius 1 is 1.50 bits per heavy atom. The molecule has 2 rings (SSSR count). The van der Waals surface area contributed by atoms with E-state index in [0.29, 0.717) is 19.5 Å². The van der Waals surface area contributed by atoms with Crippen LogP contribution in [0.2, 0.25) is 0 Å². The molecule has 0 radical (unpaired) electrons. The van der Waals surface area contributed by atoms with Crippen LogP contribution in [0.15, 0.2) is 18.2 Å². The Balaban J connectivity index is 2.19. The molecule has 0 bridgehead atoms. The lowest BCUT2D eigenvalue weighted by Crippen LogP contribution is -2.60. The molecule has 0 spiro atoms. The zero-order chi connectivity index (χ0) is 10.2. The van der Waals surface area contributed by atoms with E-state index in [1.807, 2.05) is 6.92 Å². The number of nitrogens with one attached hydrogen (secondary N) is 1. The summed E-state index contributed by atoms with van der Waals surface area (Å²) in [4.78, 5) is 0. The summed E-state index contributed by atoms with van der Waals surface area (Å²) in [6.45, 7) is 3.14. The Kier molecular flexibility index (Phi) is 2.29. The van der Waals surface area contributed by atoms with Crippen LogP contribution in [0, 0.1) is 12.7 Å². The van der Waals surface area contributed by atoms with Gasteiger partial charge < -0.3 is 10.4 Å². The molecule has 1 aliphatic heterocycles. The highest BCUT2D eigenvalue weighted by molar-refractivity contribution is 5.28. The lowest BCUT2D eigenvalue weighted by molar-refractivity contribution is -0.00918. The van der Waals surface area contributed by atoms with Crippen molar-refractivity contribution in [3.05, 3.63) is 35.1 Å². The van der Waals surface area contributed by atoms with E-state index in [-0.39, 0.29) is 5.82 Å². The third kappa shape index (κ3) is 1.79. The number of aliphatic hydroxyl groups is 1. The fourth-order valence-electron chi connectivity index (χ4n) is 1.72. The van der Waals surface area contributed by atoms with Crippen LogP contribution in [-0.2, 0) is 6.42 Å². The van der Waals surface area contributed by atoms with Crippen molar-refractivity contribution in [2.24, 2.45) is 0 Å². The van der Waals surface area contributed by atoms with Crippen molar-refractivity contribution in [3.8, 4) is 0 Å². The van der Waals surface area contributed by atoms with Crippen LogP contribution < -0.4 is 5.32 Å². The molecule has 0 saturated carbocycles. The summed E-state index contributed by atoms with van der Waals surface area (Å²) in [6, 6.07) is 4.70. The first-order valence-electron chi connectivity index (χ1n) is 4.77. The summed E-state index contributed by atoms with van der Waals surface area (Å²) in [5, 5.41) is 12.9. The van der Waals surface area contributed by atoms with E-state index >= 15 is 0 Å². The van der Waals surface area contributed by atoms with Crippen LogP contribution >= 0.6 is 0 Å². The molecule has 76 valence electrons. The van der Waals surface area contributed by atoms with Gasteiger partial charge in [-0.1, -0.05) is 6.07 Å². The van der Waals surface area contributed by atoms with Crippen molar-refractivity contribution in [2.45, 2.75) is 18.9 Å². The number of hydrogen-bond donors (Lipinski definition) is 2. The maximum absolute atomic E-state index is 12.9. The van der Waals surface area contributed by atoms with E-state index in [0.717, 1.165) is 11.1 Å². The van der Waals surface area contributed by atoms with Gasteiger partial charge in [-0.2, -0.15) is 0 Å². The quantitative estimate of drug-likeness (QED) is 0.738. The van der Waals surface area contributed by atoms with Gasteiger partial charge in [0.25, 0.3) is 0 Å². The molecule has 1 aromatic carbocycles. The van der Waals surface area contributed by atoms with Gasteiger partial charge in [-0.05, 0) is 30.2 Å². The lowest BCUT2D eigenvalue weighted by Gasteiger charge is -2.38. The standard InChI is InChI=1S/C11H14FNO/c1-8-2-3-10(12)4-9(8)5-11(14)6-13-7-11/h2-4,13-14H,5-7H2,1H3. The first-order valence-corrected chi connectivity index (χ1v) is 4.77. The minimum Gasteiger partial charge on any atom is -0.387 e. The second-order valence-corrected chi connectivity index (χ2v) is 4.08. The molecule has 0 aromatic heterocycles. The van der Waals surface area contributed by atoms with E-state index in [1.54, 1.807) is 6.07 Å². The number of benzene rings is 1. The van der Waals surface area contributed by atoms with Gasteiger partial charge in [0.15, 0.2) is 0 Å². The third-order valence-electron chi connectivity index (χ3n) is 2.74. The Labute approximate surface area is 82.8 Å². The summed E-state index contributed by atoms with van der Waals surface area (Å²) < 4.78 is 12.9. The van der Waals surface area contributed by atoms with E-state index in [4.69, 9.17) is 0 Å². The maximum atomic E-state index is 12.9. The highest BCUT2D eigenvalue weighted by Crippen LogP contribution is 2.20. The van der Waals surface area contributed by atoms with Crippen LogP contribution in [-0.4, -0.2) is 23.8 Å². The summed E-state index contributed by atoms with van der Waals surface area (Å²) in [7, 11) is 0. The van der Waals surface area contributed by atoms with Gasteiger partial charge in [0, 0.05) is 19.5 Å². The summed E-state index contributed by atoms with van der Waals surface area (Å²) in [5.41, 5.74) is 1.26. The van der Waals surface area contributed by atoms with Crippen LogP contribution in [0.1, 0.15) is 11.1 Å². The smallest absolute Gasteiger partial charge is 0.123 e. The fraction of sp³-hybridized carbons (Fsp3) is 0.455. The summed E-state index contributed by atoms with van der Waals surface area (Å²) in [6.07, 6.45) is 0.531. The molecule has 1 saturated heterocycles. The van der Waals surface area contributed by atoms with Crippen LogP contribution in [0.25, 0.3) is 0 Å². The minimum absolute atomic E-state index is 0.235. The van der Waals surface area contributed by atoms with Crippen LogP contribution in [0.5, 0.6) is 0 Å². The Hall–Kier alpha value is -0.930. The Bertz CT molecular complexity index is 347. The second-order valence-electron chi connectivity index (χ2n) is 4.08. The van der Waals surface area contributed by atoms with Gasteiger partial charge in [0.2, 0.25) is 0 Å². The first kappa shape index (κ1) is 9.62. The SMILES string of the molecule is Cc1ccc(F)cc1CC1(O)CNC1. The van der Waals surface area contributed by atoms with Crippen molar-refractivity contribution in [2.75, 3.05) is 13.1 Å².